The first kappa shape index (κ1) is 18.8. The van der Waals surface area contributed by atoms with Crippen LogP contribution in [0, 0.1) is 0 Å². The fourth-order valence-electron chi connectivity index (χ4n) is 3.09. The lowest BCUT2D eigenvalue weighted by Gasteiger charge is -2.34. The van der Waals surface area contributed by atoms with Gasteiger partial charge in [-0.15, -0.1) is 0 Å². The number of carbonyl (C=O) groups excluding carboxylic acids is 2. The summed E-state index contributed by atoms with van der Waals surface area (Å²) in [7, 11) is 1.57. The highest BCUT2D eigenvalue weighted by Gasteiger charge is 2.24. The maximum Gasteiger partial charge on any atom is 0.257 e. The summed E-state index contributed by atoms with van der Waals surface area (Å²) in [5, 5.41) is 2.84. The standard InChI is InChI=1S/C20H24N4O3/c1-27-18-7-3-2-6-17(18)20(26)24-13-11-23(12-14-24)10-8-19(25)22-16-5-4-9-21-15-16/h2-7,9,15H,8,10-14H2,1H3,(H,22,25). The fraction of sp³-hybridized carbons (Fsp3) is 0.350. The number of hydrogen-bond donors (Lipinski definition) is 1. The summed E-state index contributed by atoms with van der Waals surface area (Å²) < 4.78 is 5.29. The van der Waals surface area contributed by atoms with Gasteiger partial charge in [-0.3, -0.25) is 19.5 Å². The number of carbonyl (C=O) groups is 2. The second kappa shape index (κ2) is 9.14. The molecule has 0 radical (unpaired) electrons. The molecule has 1 aromatic heterocycles. The molecule has 2 heterocycles. The Labute approximate surface area is 158 Å². The molecule has 142 valence electrons. The van der Waals surface area contributed by atoms with Gasteiger partial charge < -0.3 is 15.0 Å². The van der Waals surface area contributed by atoms with Crippen LogP contribution in [0.1, 0.15) is 16.8 Å². The van der Waals surface area contributed by atoms with Crippen LogP contribution < -0.4 is 10.1 Å². The van der Waals surface area contributed by atoms with Crippen molar-refractivity contribution in [1.29, 1.82) is 0 Å². The van der Waals surface area contributed by atoms with Crippen molar-refractivity contribution < 1.29 is 14.3 Å². The fourth-order valence-corrected chi connectivity index (χ4v) is 3.09. The van der Waals surface area contributed by atoms with Crippen LogP contribution in [0.3, 0.4) is 0 Å². The number of hydrogen-bond acceptors (Lipinski definition) is 5. The van der Waals surface area contributed by atoms with Crippen molar-refractivity contribution in [2.75, 3.05) is 45.2 Å². The van der Waals surface area contributed by atoms with Crippen LogP contribution in [0.5, 0.6) is 5.75 Å². The van der Waals surface area contributed by atoms with Gasteiger partial charge in [-0.25, -0.2) is 0 Å². The van der Waals surface area contributed by atoms with Crippen LogP contribution in [0.15, 0.2) is 48.8 Å². The van der Waals surface area contributed by atoms with Crippen molar-refractivity contribution in [3.63, 3.8) is 0 Å². The Bertz CT molecular complexity index is 774. The molecule has 1 fully saturated rings. The van der Waals surface area contributed by atoms with Gasteiger partial charge in [0.2, 0.25) is 5.91 Å². The van der Waals surface area contributed by atoms with E-state index in [4.69, 9.17) is 4.74 Å². The number of nitrogens with zero attached hydrogens (tertiary/aromatic N) is 3. The molecule has 0 unspecified atom stereocenters. The summed E-state index contributed by atoms with van der Waals surface area (Å²) in [6.45, 7) is 3.45. The molecule has 0 aliphatic carbocycles. The average molecular weight is 368 g/mol. The molecular weight excluding hydrogens is 344 g/mol. The molecule has 0 saturated carbocycles. The number of aromatic nitrogens is 1. The Balaban J connectivity index is 1.45. The van der Waals surface area contributed by atoms with E-state index in [1.807, 2.05) is 23.1 Å². The molecule has 0 spiro atoms. The largest absolute Gasteiger partial charge is 0.496 e. The topological polar surface area (TPSA) is 74.8 Å². The van der Waals surface area contributed by atoms with Gasteiger partial charge in [0, 0.05) is 45.3 Å². The first-order valence-electron chi connectivity index (χ1n) is 9.02. The van der Waals surface area contributed by atoms with E-state index < -0.39 is 0 Å². The first-order valence-corrected chi connectivity index (χ1v) is 9.02. The van der Waals surface area contributed by atoms with Gasteiger partial charge in [0.1, 0.15) is 5.75 Å². The van der Waals surface area contributed by atoms with Gasteiger partial charge in [-0.1, -0.05) is 12.1 Å². The van der Waals surface area contributed by atoms with Crippen molar-refractivity contribution in [3.8, 4) is 5.75 Å². The molecule has 1 N–H and O–H groups in total. The summed E-state index contributed by atoms with van der Waals surface area (Å²) in [6, 6.07) is 10.9. The van der Waals surface area contributed by atoms with Crippen molar-refractivity contribution in [2.24, 2.45) is 0 Å². The minimum absolute atomic E-state index is 0.0126. The van der Waals surface area contributed by atoms with Gasteiger partial charge in [0.15, 0.2) is 0 Å². The van der Waals surface area contributed by atoms with Crippen LogP contribution in [0.4, 0.5) is 5.69 Å². The van der Waals surface area contributed by atoms with Crippen LogP contribution in [0.25, 0.3) is 0 Å². The number of nitrogens with one attached hydrogen (secondary N) is 1. The smallest absolute Gasteiger partial charge is 0.257 e. The highest BCUT2D eigenvalue weighted by Crippen LogP contribution is 2.20. The summed E-state index contributed by atoms with van der Waals surface area (Å²) in [5.41, 5.74) is 1.29. The quantitative estimate of drug-likeness (QED) is 0.843. The molecule has 2 aromatic rings. The number of rotatable bonds is 6. The summed E-state index contributed by atoms with van der Waals surface area (Å²) in [4.78, 5) is 32.8. The lowest BCUT2D eigenvalue weighted by Crippen LogP contribution is -2.49. The maximum absolute atomic E-state index is 12.7. The van der Waals surface area contributed by atoms with Crippen LogP contribution >= 0.6 is 0 Å². The van der Waals surface area contributed by atoms with E-state index in [0.29, 0.717) is 43.1 Å². The third kappa shape index (κ3) is 5.04. The van der Waals surface area contributed by atoms with Crippen molar-refractivity contribution >= 4 is 17.5 Å². The van der Waals surface area contributed by atoms with Crippen molar-refractivity contribution in [3.05, 3.63) is 54.4 Å². The number of benzene rings is 1. The second-order valence-corrected chi connectivity index (χ2v) is 6.37. The summed E-state index contributed by atoms with van der Waals surface area (Å²) in [6.07, 6.45) is 3.71. The molecule has 0 atom stereocenters. The predicted molar refractivity (Wildman–Crippen MR) is 103 cm³/mol. The molecule has 2 amide bonds. The zero-order chi connectivity index (χ0) is 19.1. The monoisotopic (exact) mass is 368 g/mol. The first-order chi connectivity index (χ1) is 13.2. The molecular formula is C20H24N4O3. The van der Waals surface area contributed by atoms with E-state index in [2.05, 4.69) is 15.2 Å². The number of anilines is 1. The molecule has 7 heteroatoms. The summed E-state index contributed by atoms with van der Waals surface area (Å²) >= 11 is 0. The zero-order valence-electron chi connectivity index (χ0n) is 15.4. The molecule has 1 aliphatic heterocycles. The van der Waals surface area contributed by atoms with Gasteiger partial charge in [0.05, 0.1) is 24.6 Å². The Hall–Kier alpha value is -2.93. The number of pyridine rings is 1. The van der Waals surface area contributed by atoms with Gasteiger partial charge in [-0.2, -0.15) is 0 Å². The summed E-state index contributed by atoms with van der Waals surface area (Å²) in [5.74, 6) is 0.550. The third-order valence-corrected chi connectivity index (χ3v) is 4.60. The minimum Gasteiger partial charge on any atom is -0.496 e. The molecule has 1 aliphatic rings. The van der Waals surface area contributed by atoms with Gasteiger partial charge >= 0.3 is 0 Å². The van der Waals surface area contributed by atoms with E-state index in [1.54, 1.807) is 37.7 Å². The Morgan fingerprint density at radius 2 is 1.89 bits per heavy atom. The molecule has 0 bridgehead atoms. The lowest BCUT2D eigenvalue weighted by atomic mass is 10.1. The number of amides is 2. The number of methoxy groups -OCH3 is 1. The molecule has 1 saturated heterocycles. The highest BCUT2D eigenvalue weighted by atomic mass is 16.5. The van der Waals surface area contributed by atoms with E-state index >= 15 is 0 Å². The molecule has 1 aromatic carbocycles. The molecule has 27 heavy (non-hydrogen) atoms. The normalized spacial score (nSPS) is 14.6. The van der Waals surface area contributed by atoms with E-state index in [9.17, 15) is 9.59 Å². The average Bonchev–Trinajstić information content (AvgIpc) is 2.73. The van der Waals surface area contributed by atoms with Crippen LogP contribution in [-0.4, -0.2) is 66.4 Å². The Kier molecular flexibility index (Phi) is 6.38. The van der Waals surface area contributed by atoms with Crippen LogP contribution in [-0.2, 0) is 4.79 Å². The Morgan fingerprint density at radius 3 is 2.59 bits per heavy atom. The SMILES string of the molecule is COc1ccccc1C(=O)N1CCN(CCC(=O)Nc2cccnc2)CC1. The van der Waals surface area contributed by atoms with Crippen molar-refractivity contribution in [2.45, 2.75) is 6.42 Å². The third-order valence-electron chi connectivity index (χ3n) is 4.60. The van der Waals surface area contributed by atoms with E-state index in [1.165, 1.54) is 0 Å². The van der Waals surface area contributed by atoms with Gasteiger partial charge in [-0.05, 0) is 24.3 Å². The van der Waals surface area contributed by atoms with Crippen LogP contribution in [0.2, 0.25) is 0 Å². The number of para-hydroxylation sites is 1. The molecule has 7 nitrogen and oxygen atoms in total. The van der Waals surface area contributed by atoms with E-state index in [-0.39, 0.29) is 11.8 Å². The number of ether oxygens (including phenoxy) is 1. The minimum atomic E-state index is -0.0319. The van der Waals surface area contributed by atoms with E-state index in [0.717, 1.165) is 13.1 Å². The van der Waals surface area contributed by atoms with Gasteiger partial charge in [0.25, 0.3) is 5.91 Å². The lowest BCUT2D eigenvalue weighted by molar-refractivity contribution is -0.116. The number of piperazine rings is 1. The zero-order valence-corrected chi connectivity index (χ0v) is 15.4. The molecule has 3 rings (SSSR count). The van der Waals surface area contributed by atoms with Crippen molar-refractivity contribution in [1.82, 2.24) is 14.8 Å². The maximum atomic E-state index is 12.7. The Morgan fingerprint density at radius 1 is 1.11 bits per heavy atom. The second-order valence-electron chi connectivity index (χ2n) is 6.37. The predicted octanol–water partition coefficient (Wildman–Crippen LogP) is 1.88. The highest BCUT2D eigenvalue weighted by molar-refractivity contribution is 5.97.